The van der Waals surface area contributed by atoms with Crippen molar-refractivity contribution >= 4 is 11.6 Å². The number of alkyl halides is 2. The average molecular weight is 370 g/mol. The summed E-state index contributed by atoms with van der Waals surface area (Å²) in [5.74, 6) is -2.68. The number of nitrogens with one attached hydrogen (secondary N) is 1. The molecule has 5 nitrogen and oxygen atoms in total. The Morgan fingerprint density at radius 1 is 1.33 bits per heavy atom. The molecule has 138 valence electrons. The lowest BCUT2D eigenvalue weighted by molar-refractivity contribution is -0.117. The van der Waals surface area contributed by atoms with Crippen LogP contribution in [0.15, 0.2) is 30.3 Å². The van der Waals surface area contributed by atoms with Crippen LogP contribution in [0.4, 0.5) is 14.5 Å². The smallest absolute Gasteiger partial charge is 0.270 e. The normalized spacial score (nSPS) is 17.6. The highest BCUT2D eigenvalue weighted by molar-refractivity contribution is 5.98. The largest absolute Gasteiger partial charge is 0.492 e. The molecule has 27 heavy (non-hydrogen) atoms. The number of fused-ring (bicyclic) bond motifs is 1. The van der Waals surface area contributed by atoms with Gasteiger partial charge in [-0.15, -0.1) is 0 Å². The van der Waals surface area contributed by atoms with E-state index in [2.05, 4.69) is 11.4 Å². The Bertz CT molecular complexity index is 955. The molecule has 4 rings (SSSR count). The molecule has 1 unspecified atom stereocenters. The predicted octanol–water partition coefficient (Wildman–Crippen LogP) is 3.61. The second-order valence-corrected chi connectivity index (χ2v) is 6.64. The molecule has 2 aromatic rings. The minimum absolute atomic E-state index is 0.0862. The third kappa shape index (κ3) is 3.24. The van der Waals surface area contributed by atoms with Crippen LogP contribution in [-0.2, 0) is 21.9 Å². The van der Waals surface area contributed by atoms with E-state index in [4.69, 9.17) is 9.47 Å². The first-order valence-corrected chi connectivity index (χ1v) is 8.52. The summed E-state index contributed by atoms with van der Waals surface area (Å²) in [6.45, 7) is 1.63. The summed E-state index contributed by atoms with van der Waals surface area (Å²) in [5, 5.41) is 12.3. The van der Waals surface area contributed by atoms with Gasteiger partial charge in [0, 0.05) is 30.0 Å². The van der Waals surface area contributed by atoms with Gasteiger partial charge in [-0.1, -0.05) is 24.3 Å². The number of rotatable bonds is 4. The molecule has 0 aromatic heterocycles. The second kappa shape index (κ2) is 6.32. The van der Waals surface area contributed by atoms with Crippen molar-refractivity contribution in [3.63, 3.8) is 0 Å². The lowest BCUT2D eigenvalue weighted by Crippen LogP contribution is -2.19. The van der Waals surface area contributed by atoms with Crippen LogP contribution in [0.5, 0.6) is 5.75 Å². The van der Waals surface area contributed by atoms with E-state index in [0.29, 0.717) is 53.3 Å². The van der Waals surface area contributed by atoms with Gasteiger partial charge in [-0.3, -0.25) is 4.79 Å². The van der Waals surface area contributed by atoms with Gasteiger partial charge in [-0.2, -0.15) is 5.26 Å². The Morgan fingerprint density at radius 3 is 2.63 bits per heavy atom. The highest BCUT2D eigenvalue weighted by Gasteiger charge is 2.33. The van der Waals surface area contributed by atoms with E-state index in [1.165, 1.54) is 12.1 Å². The molecule has 2 aliphatic heterocycles. The molecule has 1 fully saturated rings. The third-order valence-electron chi connectivity index (χ3n) is 4.68. The van der Waals surface area contributed by atoms with Crippen molar-refractivity contribution in [2.45, 2.75) is 25.4 Å². The van der Waals surface area contributed by atoms with Gasteiger partial charge in [-0.25, -0.2) is 8.78 Å². The Labute approximate surface area is 154 Å². The fourth-order valence-corrected chi connectivity index (χ4v) is 3.18. The van der Waals surface area contributed by atoms with E-state index in [0.717, 1.165) is 6.92 Å². The van der Waals surface area contributed by atoms with E-state index in [-0.39, 0.29) is 11.5 Å². The summed E-state index contributed by atoms with van der Waals surface area (Å²) in [4.78, 5) is 12.1. The molecular weight excluding hydrogens is 354 g/mol. The fraction of sp³-hybridized carbons (Fsp3) is 0.300. The maximum Gasteiger partial charge on any atom is 0.270 e. The van der Waals surface area contributed by atoms with Crippen molar-refractivity contribution in [2.24, 2.45) is 0 Å². The molecule has 2 aromatic carbocycles. The Hall–Kier alpha value is -2.98. The molecule has 0 bridgehead atoms. The van der Waals surface area contributed by atoms with Crippen LogP contribution in [0.2, 0.25) is 0 Å². The topological polar surface area (TPSA) is 74.7 Å². The van der Waals surface area contributed by atoms with Gasteiger partial charge in [0.2, 0.25) is 0 Å². The number of nitrogens with zero attached hydrogens (tertiary/aromatic N) is 1. The lowest BCUT2D eigenvalue weighted by Gasteiger charge is -2.15. The van der Waals surface area contributed by atoms with E-state index >= 15 is 0 Å². The molecule has 2 aliphatic rings. The van der Waals surface area contributed by atoms with Crippen molar-refractivity contribution < 1.29 is 23.0 Å². The number of carbonyl (C=O) groups is 1. The summed E-state index contributed by atoms with van der Waals surface area (Å²) in [5.41, 5.74) is 2.69. The molecule has 7 heteroatoms. The first-order valence-electron chi connectivity index (χ1n) is 8.52. The molecule has 0 spiro atoms. The number of halogens is 2. The number of epoxide rings is 1. The molecule has 1 atom stereocenters. The van der Waals surface area contributed by atoms with Gasteiger partial charge in [0.05, 0.1) is 24.5 Å². The van der Waals surface area contributed by atoms with Crippen LogP contribution in [0, 0.1) is 11.3 Å². The Morgan fingerprint density at radius 2 is 2.04 bits per heavy atom. The van der Waals surface area contributed by atoms with Crippen molar-refractivity contribution in [1.82, 2.24) is 0 Å². The molecule has 0 radical (unpaired) electrons. The maximum atomic E-state index is 13.5. The van der Waals surface area contributed by atoms with E-state index < -0.39 is 12.0 Å². The number of nitriles is 1. The summed E-state index contributed by atoms with van der Waals surface area (Å²) >= 11 is 0. The number of hydrogen-bond donors (Lipinski definition) is 1. The molecular formula is C20H16F2N2O3. The van der Waals surface area contributed by atoms with Crippen LogP contribution < -0.4 is 10.1 Å². The number of carbonyl (C=O) groups excluding carboxylic acids is 1. The summed E-state index contributed by atoms with van der Waals surface area (Å²) in [7, 11) is 0. The third-order valence-corrected chi connectivity index (χ3v) is 4.68. The van der Waals surface area contributed by atoms with E-state index in [1.807, 2.05) is 0 Å². The SMILES string of the molecule is CC(F)(F)c1ccc(-c2cc(NC(=O)C3CO3)c(C#N)c3c2OCC3)cc1. The minimum Gasteiger partial charge on any atom is -0.492 e. The number of amides is 1. The first kappa shape index (κ1) is 17.4. The van der Waals surface area contributed by atoms with Crippen LogP contribution in [0.3, 0.4) is 0 Å². The van der Waals surface area contributed by atoms with Gasteiger partial charge < -0.3 is 14.8 Å². The van der Waals surface area contributed by atoms with Crippen molar-refractivity contribution in [2.75, 3.05) is 18.5 Å². The highest BCUT2D eigenvalue weighted by atomic mass is 19.3. The lowest BCUT2D eigenvalue weighted by atomic mass is 9.94. The van der Waals surface area contributed by atoms with Crippen LogP contribution in [0.25, 0.3) is 11.1 Å². The zero-order valence-corrected chi connectivity index (χ0v) is 14.5. The molecule has 1 saturated heterocycles. The van der Waals surface area contributed by atoms with E-state index in [1.54, 1.807) is 18.2 Å². The van der Waals surface area contributed by atoms with Crippen molar-refractivity contribution in [3.8, 4) is 22.9 Å². The molecule has 0 aliphatic carbocycles. The zero-order chi connectivity index (χ0) is 19.2. The predicted molar refractivity (Wildman–Crippen MR) is 93.7 cm³/mol. The summed E-state index contributed by atoms with van der Waals surface area (Å²) in [6.07, 6.45) is 0.0514. The maximum absolute atomic E-state index is 13.5. The molecule has 2 heterocycles. The van der Waals surface area contributed by atoms with Crippen LogP contribution >= 0.6 is 0 Å². The Kier molecular flexibility index (Phi) is 4.08. The molecule has 0 saturated carbocycles. The highest BCUT2D eigenvalue weighted by Crippen LogP contribution is 2.43. The second-order valence-electron chi connectivity index (χ2n) is 6.64. The zero-order valence-electron chi connectivity index (χ0n) is 14.5. The van der Waals surface area contributed by atoms with Crippen molar-refractivity contribution in [3.05, 3.63) is 47.0 Å². The van der Waals surface area contributed by atoms with Gasteiger partial charge >= 0.3 is 0 Å². The van der Waals surface area contributed by atoms with Gasteiger partial charge in [0.1, 0.15) is 11.8 Å². The number of benzene rings is 2. The Balaban J connectivity index is 1.79. The quantitative estimate of drug-likeness (QED) is 0.835. The van der Waals surface area contributed by atoms with E-state index in [9.17, 15) is 18.8 Å². The number of hydrogen-bond acceptors (Lipinski definition) is 4. The average Bonchev–Trinajstić information content (AvgIpc) is 3.38. The first-order chi connectivity index (χ1) is 12.9. The van der Waals surface area contributed by atoms with Gasteiger partial charge in [0.15, 0.2) is 6.10 Å². The number of ether oxygens (including phenoxy) is 2. The monoisotopic (exact) mass is 370 g/mol. The van der Waals surface area contributed by atoms with Crippen LogP contribution in [-0.4, -0.2) is 25.2 Å². The fourth-order valence-electron chi connectivity index (χ4n) is 3.18. The minimum atomic E-state index is -2.93. The van der Waals surface area contributed by atoms with Gasteiger partial charge in [-0.05, 0) is 11.6 Å². The van der Waals surface area contributed by atoms with Crippen LogP contribution in [0.1, 0.15) is 23.6 Å². The summed E-state index contributed by atoms with van der Waals surface area (Å²) in [6, 6.07) is 9.70. The van der Waals surface area contributed by atoms with Crippen molar-refractivity contribution in [1.29, 1.82) is 5.26 Å². The molecule has 1 amide bonds. The van der Waals surface area contributed by atoms with Gasteiger partial charge in [0.25, 0.3) is 11.8 Å². The molecule has 1 N–H and O–H groups in total. The number of anilines is 1. The standard InChI is InChI=1S/C20H16F2N2O3/c1-20(21,22)12-4-2-11(3-5-12)14-8-16(24-19(25)17-10-27-17)15(9-23)13-6-7-26-18(13)14/h2-5,8,17H,6-7,10H2,1H3,(H,24,25). The summed E-state index contributed by atoms with van der Waals surface area (Å²) < 4.78 is 37.6.